The first-order chi connectivity index (χ1) is 8.86. The van der Waals surface area contributed by atoms with Gasteiger partial charge in [0.25, 0.3) is 5.91 Å². The number of phenolic OH excluding ortho intramolecular Hbond substituents is 1. The lowest BCUT2D eigenvalue weighted by Crippen LogP contribution is -2.45. The highest BCUT2D eigenvalue weighted by atomic mass is 16.3. The van der Waals surface area contributed by atoms with Crippen LogP contribution in [0.15, 0.2) is 18.2 Å². The van der Waals surface area contributed by atoms with E-state index in [1.54, 1.807) is 14.0 Å². The number of carbonyl (C=O) groups excluding carboxylic acids is 2. The van der Waals surface area contributed by atoms with E-state index < -0.39 is 11.9 Å². The fraction of sp³-hybridized carbons (Fsp3) is 0.385. The van der Waals surface area contributed by atoms with Crippen molar-refractivity contribution in [2.24, 2.45) is 0 Å². The third-order valence-corrected chi connectivity index (χ3v) is 2.85. The molecule has 0 aliphatic heterocycles. The maximum atomic E-state index is 12.0. The average Bonchev–Trinajstić information content (AvgIpc) is 2.39. The molecule has 4 N–H and O–H groups in total. The number of benzene rings is 1. The number of anilines is 1. The van der Waals surface area contributed by atoms with Gasteiger partial charge >= 0.3 is 0 Å². The van der Waals surface area contributed by atoms with E-state index in [9.17, 15) is 14.7 Å². The molecular formula is C13H19N3O3. The minimum Gasteiger partial charge on any atom is -0.508 e. The van der Waals surface area contributed by atoms with Crippen molar-refractivity contribution in [3.05, 3.63) is 23.8 Å². The van der Waals surface area contributed by atoms with Crippen LogP contribution in [0.1, 0.15) is 24.2 Å². The summed E-state index contributed by atoms with van der Waals surface area (Å²) >= 11 is 0. The van der Waals surface area contributed by atoms with Crippen LogP contribution in [0.4, 0.5) is 5.69 Å². The van der Waals surface area contributed by atoms with Gasteiger partial charge in [-0.25, -0.2) is 0 Å². The fourth-order valence-electron chi connectivity index (χ4n) is 1.56. The number of hydrogen-bond donors (Lipinski definition) is 3. The Hall–Kier alpha value is -2.24. The van der Waals surface area contributed by atoms with Crippen molar-refractivity contribution in [3.8, 4) is 5.75 Å². The molecule has 2 amide bonds. The average molecular weight is 265 g/mol. The van der Waals surface area contributed by atoms with Crippen molar-refractivity contribution < 1.29 is 14.7 Å². The lowest BCUT2D eigenvalue weighted by atomic mass is 10.1. The van der Waals surface area contributed by atoms with Crippen LogP contribution in [0.2, 0.25) is 0 Å². The van der Waals surface area contributed by atoms with Gasteiger partial charge in [-0.15, -0.1) is 0 Å². The predicted molar refractivity (Wildman–Crippen MR) is 72.8 cm³/mol. The van der Waals surface area contributed by atoms with E-state index >= 15 is 0 Å². The highest BCUT2D eigenvalue weighted by Crippen LogP contribution is 2.18. The highest BCUT2D eigenvalue weighted by Gasteiger charge is 2.20. The summed E-state index contributed by atoms with van der Waals surface area (Å²) in [5.74, 6) is -0.725. The fourth-order valence-corrected chi connectivity index (χ4v) is 1.56. The second kappa shape index (κ2) is 6.08. The molecule has 0 radical (unpaired) electrons. The van der Waals surface area contributed by atoms with Crippen molar-refractivity contribution in [3.63, 3.8) is 0 Å². The summed E-state index contributed by atoms with van der Waals surface area (Å²) in [7, 11) is 1.66. The molecule has 0 aromatic heterocycles. The minimum atomic E-state index is -0.654. The molecule has 1 aromatic carbocycles. The highest BCUT2D eigenvalue weighted by molar-refractivity contribution is 6.01. The summed E-state index contributed by atoms with van der Waals surface area (Å²) in [5.41, 5.74) is 6.06. The van der Waals surface area contributed by atoms with Crippen molar-refractivity contribution in [2.75, 3.05) is 19.3 Å². The molecule has 1 aromatic rings. The summed E-state index contributed by atoms with van der Waals surface area (Å²) in [6.45, 7) is 4.01. The van der Waals surface area contributed by atoms with Gasteiger partial charge in [0.2, 0.25) is 5.91 Å². The molecule has 0 aliphatic rings. The molecule has 1 atom stereocenters. The van der Waals surface area contributed by atoms with Gasteiger partial charge in [0.05, 0.1) is 5.56 Å². The van der Waals surface area contributed by atoms with Gasteiger partial charge in [-0.3, -0.25) is 9.59 Å². The van der Waals surface area contributed by atoms with Gasteiger partial charge in [-0.05, 0) is 32.0 Å². The topological polar surface area (TPSA) is 95.7 Å². The largest absolute Gasteiger partial charge is 0.508 e. The Morgan fingerprint density at radius 1 is 1.47 bits per heavy atom. The van der Waals surface area contributed by atoms with E-state index in [1.807, 2.05) is 6.92 Å². The first kappa shape index (κ1) is 14.8. The Balaban J connectivity index is 2.80. The maximum Gasteiger partial charge on any atom is 0.254 e. The van der Waals surface area contributed by atoms with Crippen LogP contribution in [0.5, 0.6) is 5.75 Å². The number of aromatic hydroxyl groups is 1. The number of rotatable bonds is 4. The van der Waals surface area contributed by atoms with E-state index in [1.165, 1.54) is 23.1 Å². The Morgan fingerprint density at radius 2 is 2.11 bits per heavy atom. The Kier molecular flexibility index (Phi) is 4.74. The lowest BCUT2D eigenvalue weighted by Gasteiger charge is -2.20. The van der Waals surface area contributed by atoms with Crippen molar-refractivity contribution in [2.45, 2.75) is 19.9 Å². The molecule has 0 aliphatic carbocycles. The third-order valence-electron chi connectivity index (χ3n) is 2.85. The van der Waals surface area contributed by atoms with Crippen LogP contribution < -0.4 is 11.1 Å². The Labute approximate surface area is 112 Å². The predicted octanol–water partition coefficient (Wildman–Crippen LogP) is 0.571. The number of hydrogen-bond acceptors (Lipinski definition) is 4. The first-order valence-electron chi connectivity index (χ1n) is 6.01. The normalized spacial score (nSPS) is 11.7. The number of amides is 2. The van der Waals surface area contributed by atoms with Crippen molar-refractivity contribution >= 4 is 17.5 Å². The van der Waals surface area contributed by atoms with E-state index in [4.69, 9.17) is 5.73 Å². The first-order valence-corrected chi connectivity index (χ1v) is 6.01. The molecule has 0 spiro atoms. The second-order valence-corrected chi connectivity index (χ2v) is 4.32. The molecule has 0 fully saturated rings. The monoisotopic (exact) mass is 265 g/mol. The molecule has 0 bridgehead atoms. The second-order valence-electron chi connectivity index (χ2n) is 4.32. The number of nitrogen functional groups attached to an aromatic ring is 1. The number of nitrogens with two attached hydrogens (primary N) is 1. The molecule has 0 saturated heterocycles. The van der Waals surface area contributed by atoms with Crippen LogP contribution in [0, 0.1) is 0 Å². The Morgan fingerprint density at radius 3 is 2.68 bits per heavy atom. The van der Waals surface area contributed by atoms with Crippen LogP contribution in [-0.2, 0) is 4.79 Å². The molecule has 0 heterocycles. The van der Waals surface area contributed by atoms with Crippen LogP contribution in [0.3, 0.4) is 0 Å². The van der Waals surface area contributed by atoms with Crippen LogP contribution in [0.25, 0.3) is 0 Å². The van der Waals surface area contributed by atoms with Crippen molar-refractivity contribution in [1.29, 1.82) is 0 Å². The van der Waals surface area contributed by atoms with Gasteiger partial charge in [0.1, 0.15) is 11.8 Å². The van der Waals surface area contributed by atoms with Gasteiger partial charge in [0.15, 0.2) is 0 Å². The summed E-state index contributed by atoms with van der Waals surface area (Å²) in [4.78, 5) is 25.3. The zero-order valence-corrected chi connectivity index (χ0v) is 11.3. The van der Waals surface area contributed by atoms with Gasteiger partial charge in [0, 0.05) is 19.3 Å². The SMILES string of the molecule is CCN(C)C(=O)C(C)NC(=O)c1cc(O)ccc1N. The van der Waals surface area contributed by atoms with Crippen LogP contribution in [-0.4, -0.2) is 41.5 Å². The van der Waals surface area contributed by atoms with Gasteiger partial charge < -0.3 is 21.1 Å². The van der Waals surface area contributed by atoms with E-state index in [0.29, 0.717) is 6.54 Å². The van der Waals surface area contributed by atoms with Crippen molar-refractivity contribution in [1.82, 2.24) is 10.2 Å². The minimum absolute atomic E-state index is 0.0518. The van der Waals surface area contributed by atoms with E-state index in [0.717, 1.165) is 0 Å². The molecule has 19 heavy (non-hydrogen) atoms. The molecule has 6 nitrogen and oxygen atoms in total. The lowest BCUT2D eigenvalue weighted by molar-refractivity contribution is -0.131. The zero-order valence-electron chi connectivity index (χ0n) is 11.3. The smallest absolute Gasteiger partial charge is 0.254 e. The molecule has 1 rings (SSSR count). The third kappa shape index (κ3) is 3.61. The Bertz CT molecular complexity index is 488. The zero-order chi connectivity index (χ0) is 14.6. The van der Waals surface area contributed by atoms with Crippen LogP contribution >= 0.6 is 0 Å². The molecule has 1 unspecified atom stereocenters. The number of nitrogens with one attached hydrogen (secondary N) is 1. The number of phenols is 1. The van der Waals surface area contributed by atoms with E-state index in [-0.39, 0.29) is 22.9 Å². The molecular weight excluding hydrogens is 246 g/mol. The number of likely N-dealkylation sites (N-methyl/N-ethyl adjacent to an activating group) is 1. The standard InChI is InChI=1S/C13H19N3O3/c1-4-16(3)13(19)8(2)15-12(18)10-7-9(17)5-6-11(10)14/h5-8,17H,4,14H2,1-3H3,(H,15,18). The summed E-state index contributed by atoms with van der Waals surface area (Å²) in [5, 5.41) is 11.9. The maximum absolute atomic E-state index is 12.0. The van der Waals surface area contributed by atoms with Gasteiger partial charge in [-0.1, -0.05) is 0 Å². The number of carbonyl (C=O) groups is 2. The quantitative estimate of drug-likeness (QED) is 0.548. The molecule has 104 valence electrons. The molecule has 0 saturated carbocycles. The summed E-state index contributed by atoms with van der Waals surface area (Å²) in [6.07, 6.45) is 0. The molecule has 6 heteroatoms. The van der Waals surface area contributed by atoms with E-state index in [2.05, 4.69) is 5.32 Å². The summed E-state index contributed by atoms with van der Waals surface area (Å²) < 4.78 is 0. The number of nitrogens with zero attached hydrogens (tertiary/aromatic N) is 1. The van der Waals surface area contributed by atoms with Gasteiger partial charge in [-0.2, -0.15) is 0 Å². The summed E-state index contributed by atoms with van der Waals surface area (Å²) in [6, 6.07) is 3.45.